The monoisotopic (exact) mass is 433 g/mol. The molecule has 1 aliphatic heterocycles. The molecular weight excluding hydrogens is 405 g/mol. The average Bonchev–Trinajstić information content (AvgIpc) is 2.54. The first kappa shape index (κ1) is 19.9. The number of halogens is 1. The number of hydrogen-bond acceptors (Lipinski definition) is 3. The highest BCUT2D eigenvalue weighted by molar-refractivity contribution is 14.0. The van der Waals surface area contributed by atoms with Crippen molar-refractivity contribution in [3.63, 3.8) is 0 Å². The van der Waals surface area contributed by atoms with Crippen LogP contribution in [0.15, 0.2) is 23.2 Å². The molecule has 0 bridgehead atoms. The van der Waals surface area contributed by atoms with Crippen LogP contribution in [0, 0.1) is 5.92 Å². The van der Waals surface area contributed by atoms with Gasteiger partial charge in [-0.25, -0.2) is 4.99 Å². The number of hydrogen-bond donors (Lipinski definition) is 1. The summed E-state index contributed by atoms with van der Waals surface area (Å²) in [6.45, 7) is 7.43. The van der Waals surface area contributed by atoms with Crippen molar-refractivity contribution in [2.24, 2.45) is 16.6 Å². The molecule has 1 aliphatic rings. The molecule has 0 aliphatic carbocycles. The van der Waals surface area contributed by atoms with Gasteiger partial charge in [-0.2, -0.15) is 0 Å². The number of aliphatic imine (C=N–C) groups is 1. The van der Waals surface area contributed by atoms with Gasteiger partial charge in [-0.05, 0) is 43.4 Å². The number of methoxy groups -OCH3 is 1. The van der Waals surface area contributed by atoms with Crippen LogP contribution in [0.3, 0.4) is 0 Å². The highest BCUT2D eigenvalue weighted by atomic mass is 127. The number of likely N-dealkylation sites (tertiary alicyclic amines) is 1. The minimum Gasteiger partial charge on any atom is -0.493 e. The summed E-state index contributed by atoms with van der Waals surface area (Å²) in [5.41, 5.74) is 7.17. The molecule has 0 unspecified atom stereocenters. The smallest absolute Gasteiger partial charge is 0.191 e. The van der Waals surface area contributed by atoms with Gasteiger partial charge < -0.3 is 20.1 Å². The fraction of sp³-hybridized carbons (Fsp3) is 0.588. The normalized spacial score (nSPS) is 16.0. The van der Waals surface area contributed by atoms with Crippen molar-refractivity contribution in [3.8, 4) is 11.5 Å². The fourth-order valence-corrected chi connectivity index (χ4v) is 2.60. The Hall–Kier alpha value is -1.18. The predicted octanol–water partition coefficient (Wildman–Crippen LogP) is 3.26. The van der Waals surface area contributed by atoms with Crippen molar-refractivity contribution in [1.82, 2.24) is 4.90 Å². The van der Waals surface area contributed by atoms with Gasteiger partial charge in [-0.15, -0.1) is 24.0 Å². The lowest BCUT2D eigenvalue weighted by molar-refractivity contribution is 0.277. The van der Waals surface area contributed by atoms with E-state index in [9.17, 15) is 0 Å². The highest BCUT2D eigenvalue weighted by Crippen LogP contribution is 2.28. The van der Waals surface area contributed by atoms with Gasteiger partial charge in [0, 0.05) is 13.1 Å². The summed E-state index contributed by atoms with van der Waals surface area (Å²) in [7, 11) is 1.65. The molecule has 0 spiro atoms. The second kappa shape index (κ2) is 9.85. The van der Waals surface area contributed by atoms with Crippen LogP contribution in [0.2, 0.25) is 0 Å². The summed E-state index contributed by atoms with van der Waals surface area (Å²) >= 11 is 0. The number of rotatable bonds is 5. The van der Waals surface area contributed by atoms with Gasteiger partial charge in [-0.3, -0.25) is 0 Å². The second-order valence-electron chi connectivity index (χ2n) is 5.76. The molecular formula is C17H28IN3O2. The Morgan fingerprint density at radius 3 is 2.61 bits per heavy atom. The fourth-order valence-electron chi connectivity index (χ4n) is 2.60. The summed E-state index contributed by atoms with van der Waals surface area (Å²) < 4.78 is 10.9. The first-order chi connectivity index (χ1) is 10.6. The molecule has 0 amide bonds. The number of guanidine groups is 1. The van der Waals surface area contributed by atoms with E-state index < -0.39 is 0 Å². The molecule has 0 atom stereocenters. The van der Waals surface area contributed by atoms with E-state index in [1.54, 1.807) is 7.11 Å². The van der Waals surface area contributed by atoms with Crippen molar-refractivity contribution in [2.45, 2.75) is 33.2 Å². The van der Waals surface area contributed by atoms with Gasteiger partial charge >= 0.3 is 0 Å². The van der Waals surface area contributed by atoms with Crippen LogP contribution in [0.4, 0.5) is 0 Å². The predicted molar refractivity (Wildman–Crippen MR) is 105 cm³/mol. The third kappa shape index (κ3) is 5.75. The lowest BCUT2D eigenvalue weighted by Crippen LogP contribution is -2.42. The Morgan fingerprint density at radius 1 is 1.30 bits per heavy atom. The topological polar surface area (TPSA) is 60.1 Å². The number of nitrogens with two attached hydrogens (primary N) is 1. The van der Waals surface area contributed by atoms with Crippen LogP contribution in [-0.2, 0) is 6.54 Å². The van der Waals surface area contributed by atoms with E-state index in [0.29, 0.717) is 19.1 Å². The molecule has 1 aromatic rings. The Balaban J connectivity index is 0.00000264. The number of benzene rings is 1. The van der Waals surface area contributed by atoms with Gasteiger partial charge in [0.1, 0.15) is 0 Å². The number of nitrogens with zero attached hydrogens (tertiary/aromatic N) is 2. The summed E-state index contributed by atoms with van der Waals surface area (Å²) in [6.07, 6.45) is 2.38. The van der Waals surface area contributed by atoms with Gasteiger partial charge in [0.2, 0.25) is 0 Å². The van der Waals surface area contributed by atoms with Gasteiger partial charge in [0.05, 0.1) is 20.3 Å². The summed E-state index contributed by atoms with van der Waals surface area (Å²) in [5.74, 6) is 2.93. The zero-order valence-electron chi connectivity index (χ0n) is 14.2. The van der Waals surface area contributed by atoms with Crippen molar-refractivity contribution in [1.29, 1.82) is 0 Å². The minimum absolute atomic E-state index is 0. The van der Waals surface area contributed by atoms with Crippen molar-refractivity contribution >= 4 is 29.9 Å². The van der Waals surface area contributed by atoms with Gasteiger partial charge in [-0.1, -0.05) is 13.0 Å². The Kier molecular flexibility index (Phi) is 8.51. The summed E-state index contributed by atoms with van der Waals surface area (Å²) in [6, 6.07) is 5.88. The standard InChI is InChI=1S/C17H27N3O2.HI/c1-4-22-15-6-5-14(11-16(15)21-3)12-19-17(18)20-9-7-13(2)8-10-20;/h5-6,11,13H,4,7-10,12H2,1-3H3,(H2,18,19);1H. The zero-order valence-corrected chi connectivity index (χ0v) is 16.6. The third-order valence-electron chi connectivity index (χ3n) is 4.06. The van der Waals surface area contributed by atoms with E-state index in [2.05, 4.69) is 16.8 Å². The van der Waals surface area contributed by atoms with E-state index in [-0.39, 0.29) is 24.0 Å². The molecule has 1 aromatic carbocycles. The quantitative estimate of drug-likeness (QED) is 0.440. The second-order valence-corrected chi connectivity index (χ2v) is 5.76. The third-order valence-corrected chi connectivity index (χ3v) is 4.06. The van der Waals surface area contributed by atoms with Crippen LogP contribution in [0.5, 0.6) is 11.5 Å². The SMILES string of the molecule is CCOc1ccc(CN=C(N)N2CCC(C)CC2)cc1OC.I. The molecule has 130 valence electrons. The molecule has 2 rings (SSSR count). The Morgan fingerprint density at radius 2 is 2.00 bits per heavy atom. The molecule has 1 fully saturated rings. The molecule has 0 saturated carbocycles. The van der Waals surface area contributed by atoms with E-state index in [4.69, 9.17) is 15.2 Å². The molecule has 0 aromatic heterocycles. The van der Waals surface area contributed by atoms with Crippen LogP contribution in [0.1, 0.15) is 32.3 Å². The van der Waals surface area contributed by atoms with Crippen molar-refractivity contribution < 1.29 is 9.47 Å². The van der Waals surface area contributed by atoms with E-state index in [0.717, 1.165) is 36.1 Å². The zero-order chi connectivity index (χ0) is 15.9. The molecule has 5 nitrogen and oxygen atoms in total. The first-order valence-corrected chi connectivity index (χ1v) is 7.98. The molecule has 23 heavy (non-hydrogen) atoms. The van der Waals surface area contributed by atoms with Gasteiger partial charge in [0.15, 0.2) is 17.5 Å². The maximum atomic E-state index is 6.11. The molecule has 2 N–H and O–H groups in total. The molecule has 1 heterocycles. The Bertz CT molecular complexity index is 515. The van der Waals surface area contributed by atoms with E-state index in [1.807, 2.05) is 25.1 Å². The first-order valence-electron chi connectivity index (χ1n) is 7.98. The van der Waals surface area contributed by atoms with Crippen LogP contribution in [-0.4, -0.2) is 37.7 Å². The van der Waals surface area contributed by atoms with Crippen molar-refractivity contribution in [3.05, 3.63) is 23.8 Å². The van der Waals surface area contributed by atoms with Crippen LogP contribution < -0.4 is 15.2 Å². The number of ether oxygens (including phenoxy) is 2. The summed E-state index contributed by atoms with van der Waals surface area (Å²) in [5, 5.41) is 0. The van der Waals surface area contributed by atoms with E-state index in [1.165, 1.54) is 12.8 Å². The summed E-state index contributed by atoms with van der Waals surface area (Å²) in [4.78, 5) is 6.69. The van der Waals surface area contributed by atoms with Crippen molar-refractivity contribution in [2.75, 3.05) is 26.8 Å². The lowest BCUT2D eigenvalue weighted by Gasteiger charge is -2.31. The maximum Gasteiger partial charge on any atom is 0.191 e. The molecule has 6 heteroatoms. The molecule has 1 saturated heterocycles. The average molecular weight is 433 g/mol. The maximum absolute atomic E-state index is 6.11. The van der Waals surface area contributed by atoms with E-state index >= 15 is 0 Å². The Labute approximate surface area is 156 Å². The number of piperidine rings is 1. The van der Waals surface area contributed by atoms with Gasteiger partial charge in [0.25, 0.3) is 0 Å². The van der Waals surface area contributed by atoms with Crippen LogP contribution in [0.25, 0.3) is 0 Å². The minimum atomic E-state index is 0. The highest BCUT2D eigenvalue weighted by Gasteiger charge is 2.16. The lowest BCUT2D eigenvalue weighted by atomic mass is 10.00. The van der Waals surface area contributed by atoms with Crippen LogP contribution >= 0.6 is 24.0 Å². The largest absolute Gasteiger partial charge is 0.493 e. The molecule has 0 radical (unpaired) electrons.